The number of aryl methyl sites for hydroxylation is 1. The van der Waals surface area contributed by atoms with Crippen LogP contribution in [0.2, 0.25) is 5.02 Å². The van der Waals surface area contributed by atoms with Crippen LogP contribution in [-0.2, 0) is 9.59 Å². The highest BCUT2D eigenvalue weighted by Gasteiger charge is 2.29. The van der Waals surface area contributed by atoms with Crippen molar-refractivity contribution in [2.24, 2.45) is 11.0 Å². The van der Waals surface area contributed by atoms with Crippen LogP contribution in [0.5, 0.6) is 5.75 Å². The van der Waals surface area contributed by atoms with E-state index in [2.05, 4.69) is 15.8 Å². The van der Waals surface area contributed by atoms with Gasteiger partial charge in [0.1, 0.15) is 5.75 Å². The van der Waals surface area contributed by atoms with E-state index in [0.717, 1.165) is 29.7 Å². The average molecular weight is 414 g/mol. The standard InChI is InChI=1S/C22H24ClN3O3/c1-13-11-18(23)9-10-20(13)29-15(3)21(27)26-25-14(2)17-5-4-6-19(12-17)24-22(28)16-7-8-16/h4-6,9-12,15-16H,7-8H2,1-3H3,(H,24,28)(H,26,27)/b25-14+/t15-/m0/s1. The lowest BCUT2D eigenvalue weighted by atomic mass is 10.1. The molecule has 0 saturated heterocycles. The van der Waals surface area contributed by atoms with Gasteiger partial charge in [-0.2, -0.15) is 5.10 Å². The molecule has 0 bridgehead atoms. The van der Waals surface area contributed by atoms with Crippen LogP contribution in [0.3, 0.4) is 0 Å². The summed E-state index contributed by atoms with van der Waals surface area (Å²) >= 11 is 5.94. The van der Waals surface area contributed by atoms with Crippen LogP contribution in [0.1, 0.15) is 37.8 Å². The Morgan fingerprint density at radius 1 is 1.21 bits per heavy atom. The molecule has 1 fully saturated rings. The molecule has 2 amide bonds. The molecule has 0 spiro atoms. The van der Waals surface area contributed by atoms with Crippen molar-refractivity contribution in [3.63, 3.8) is 0 Å². The molecule has 1 aliphatic carbocycles. The highest BCUT2D eigenvalue weighted by molar-refractivity contribution is 6.30. The van der Waals surface area contributed by atoms with E-state index in [0.29, 0.717) is 16.5 Å². The summed E-state index contributed by atoms with van der Waals surface area (Å²) in [7, 11) is 0. The topological polar surface area (TPSA) is 79.8 Å². The number of ether oxygens (including phenoxy) is 1. The maximum Gasteiger partial charge on any atom is 0.280 e. The average Bonchev–Trinajstić information content (AvgIpc) is 3.53. The fourth-order valence-electron chi connectivity index (χ4n) is 2.70. The molecule has 2 aromatic carbocycles. The van der Waals surface area contributed by atoms with E-state index in [9.17, 15) is 9.59 Å². The van der Waals surface area contributed by atoms with Crippen molar-refractivity contribution in [3.05, 3.63) is 58.6 Å². The third-order valence-electron chi connectivity index (χ3n) is 4.64. The molecule has 0 aromatic heterocycles. The predicted molar refractivity (Wildman–Crippen MR) is 114 cm³/mol. The Kier molecular flexibility index (Phi) is 6.54. The van der Waals surface area contributed by atoms with Crippen LogP contribution in [0.15, 0.2) is 47.6 Å². The second kappa shape index (κ2) is 9.09. The summed E-state index contributed by atoms with van der Waals surface area (Å²) in [5.41, 5.74) is 5.53. The number of halogens is 1. The first kappa shape index (κ1) is 20.9. The van der Waals surface area contributed by atoms with Gasteiger partial charge in [0, 0.05) is 16.6 Å². The van der Waals surface area contributed by atoms with Crippen LogP contribution >= 0.6 is 11.6 Å². The third kappa shape index (κ3) is 5.81. The lowest BCUT2D eigenvalue weighted by Gasteiger charge is -2.15. The van der Waals surface area contributed by atoms with Gasteiger partial charge in [-0.05, 0) is 75.1 Å². The third-order valence-corrected chi connectivity index (χ3v) is 4.87. The van der Waals surface area contributed by atoms with Crippen molar-refractivity contribution in [1.29, 1.82) is 0 Å². The fraction of sp³-hybridized carbons (Fsp3) is 0.318. The summed E-state index contributed by atoms with van der Waals surface area (Å²) in [4.78, 5) is 24.2. The number of hydrogen-bond donors (Lipinski definition) is 2. The molecule has 1 saturated carbocycles. The largest absolute Gasteiger partial charge is 0.481 e. The smallest absolute Gasteiger partial charge is 0.280 e. The monoisotopic (exact) mass is 413 g/mol. The molecular weight excluding hydrogens is 390 g/mol. The first-order chi connectivity index (χ1) is 13.8. The van der Waals surface area contributed by atoms with Gasteiger partial charge >= 0.3 is 0 Å². The molecular formula is C22H24ClN3O3. The van der Waals surface area contributed by atoms with E-state index >= 15 is 0 Å². The summed E-state index contributed by atoms with van der Waals surface area (Å²) in [6.45, 7) is 5.31. The highest BCUT2D eigenvalue weighted by atomic mass is 35.5. The Morgan fingerprint density at radius 3 is 2.66 bits per heavy atom. The molecule has 0 heterocycles. The fourth-order valence-corrected chi connectivity index (χ4v) is 2.92. The first-order valence-electron chi connectivity index (χ1n) is 9.51. The van der Waals surface area contributed by atoms with E-state index in [1.54, 1.807) is 32.0 Å². The van der Waals surface area contributed by atoms with Gasteiger partial charge in [0.05, 0.1) is 5.71 Å². The molecule has 1 atom stereocenters. The van der Waals surface area contributed by atoms with Crippen molar-refractivity contribution < 1.29 is 14.3 Å². The molecule has 0 unspecified atom stereocenters. The number of carbonyl (C=O) groups excluding carboxylic acids is 2. The number of carbonyl (C=O) groups is 2. The van der Waals surface area contributed by atoms with Crippen LogP contribution in [0.4, 0.5) is 5.69 Å². The van der Waals surface area contributed by atoms with Gasteiger partial charge in [-0.25, -0.2) is 5.43 Å². The van der Waals surface area contributed by atoms with Gasteiger partial charge in [-0.1, -0.05) is 23.7 Å². The van der Waals surface area contributed by atoms with Gasteiger partial charge in [0.2, 0.25) is 5.91 Å². The van der Waals surface area contributed by atoms with Crippen LogP contribution < -0.4 is 15.5 Å². The number of rotatable bonds is 7. The normalized spacial score (nSPS) is 14.8. The molecule has 7 heteroatoms. The zero-order valence-corrected chi connectivity index (χ0v) is 17.4. The van der Waals surface area contributed by atoms with Gasteiger partial charge < -0.3 is 10.1 Å². The lowest BCUT2D eigenvalue weighted by Crippen LogP contribution is -2.34. The number of anilines is 1. The molecule has 29 heavy (non-hydrogen) atoms. The number of amides is 2. The Balaban J connectivity index is 1.59. The van der Waals surface area contributed by atoms with Crippen LogP contribution in [0, 0.1) is 12.8 Å². The minimum absolute atomic E-state index is 0.0495. The molecule has 152 valence electrons. The highest BCUT2D eigenvalue weighted by Crippen LogP contribution is 2.30. The van der Waals surface area contributed by atoms with E-state index in [4.69, 9.17) is 16.3 Å². The van der Waals surface area contributed by atoms with Gasteiger partial charge in [-0.15, -0.1) is 0 Å². The Labute approximate surface area is 175 Å². The second-order valence-electron chi connectivity index (χ2n) is 7.19. The first-order valence-corrected chi connectivity index (χ1v) is 9.89. The van der Waals surface area contributed by atoms with Crippen LogP contribution in [-0.4, -0.2) is 23.6 Å². The van der Waals surface area contributed by atoms with E-state index < -0.39 is 6.10 Å². The number of hydrazone groups is 1. The van der Waals surface area contributed by atoms with Crippen molar-refractivity contribution in [3.8, 4) is 5.75 Å². The predicted octanol–water partition coefficient (Wildman–Crippen LogP) is 4.30. The molecule has 0 radical (unpaired) electrons. The number of hydrogen-bond acceptors (Lipinski definition) is 4. The lowest BCUT2D eigenvalue weighted by molar-refractivity contribution is -0.127. The second-order valence-corrected chi connectivity index (χ2v) is 7.62. The minimum Gasteiger partial charge on any atom is -0.481 e. The number of benzene rings is 2. The quantitative estimate of drug-likeness (QED) is 0.524. The van der Waals surface area contributed by atoms with E-state index in [1.165, 1.54) is 0 Å². The maximum atomic E-state index is 12.3. The zero-order chi connectivity index (χ0) is 21.0. The van der Waals surface area contributed by atoms with E-state index in [1.807, 2.05) is 31.2 Å². The van der Waals surface area contributed by atoms with Crippen molar-refractivity contribution in [2.45, 2.75) is 39.7 Å². The summed E-state index contributed by atoms with van der Waals surface area (Å²) in [6.07, 6.45) is 1.18. The Hall–Kier alpha value is -2.86. The number of nitrogens with zero attached hydrogens (tertiary/aromatic N) is 1. The molecule has 0 aliphatic heterocycles. The van der Waals surface area contributed by atoms with Gasteiger partial charge in [0.25, 0.3) is 5.91 Å². The summed E-state index contributed by atoms with van der Waals surface area (Å²) in [6, 6.07) is 12.6. The molecule has 3 rings (SSSR count). The van der Waals surface area contributed by atoms with Crippen molar-refractivity contribution >= 4 is 34.8 Å². The maximum absolute atomic E-state index is 12.3. The molecule has 2 aromatic rings. The Bertz CT molecular complexity index is 954. The molecule has 1 aliphatic rings. The van der Waals surface area contributed by atoms with Crippen LogP contribution in [0.25, 0.3) is 0 Å². The summed E-state index contributed by atoms with van der Waals surface area (Å²) in [5, 5.41) is 7.69. The minimum atomic E-state index is -0.726. The molecule has 6 nitrogen and oxygen atoms in total. The summed E-state index contributed by atoms with van der Waals surface area (Å²) in [5.74, 6) is 0.417. The van der Waals surface area contributed by atoms with E-state index in [-0.39, 0.29) is 17.7 Å². The van der Waals surface area contributed by atoms with Gasteiger partial charge in [-0.3, -0.25) is 9.59 Å². The van der Waals surface area contributed by atoms with Crippen molar-refractivity contribution in [1.82, 2.24) is 5.43 Å². The summed E-state index contributed by atoms with van der Waals surface area (Å²) < 4.78 is 5.70. The Morgan fingerprint density at radius 2 is 1.97 bits per heavy atom. The number of nitrogens with one attached hydrogen (secondary N) is 2. The zero-order valence-electron chi connectivity index (χ0n) is 16.7. The SMILES string of the molecule is C/C(=N\NC(=O)[C@H](C)Oc1ccc(Cl)cc1C)c1cccc(NC(=O)C2CC2)c1. The molecule has 2 N–H and O–H groups in total. The van der Waals surface area contributed by atoms with Crippen molar-refractivity contribution in [2.75, 3.05) is 5.32 Å². The van der Waals surface area contributed by atoms with Gasteiger partial charge in [0.15, 0.2) is 6.10 Å².